The van der Waals surface area contributed by atoms with Crippen LogP contribution in [0.5, 0.6) is 0 Å². The Kier molecular flexibility index (Phi) is 2.74. The fraction of sp³-hybridized carbons (Fsp3) is 0.286. The molecule has 0 spiro atoms. The molecule has 18 heavy (non-hydrogen) atoms. The standard InChI is InChI=1S/C14H13FN2S/c1-8-5-9(7-10(15)6-8)13-16-12-4-2-3-11(12)14(18)17-13/h5-7H,2-4H2,1H3,(H,16,17,18). The number of aryl methyl sites for hydroxylation is 2. The SMILES string of the molecule is Cc1cc(F)cc(-c2nc(=S)c3c([nH]2)CCC3)c1. The van der Waals surface area contributed by atoms with Gasteiger partial charge in [0, 0.05) is 16.8 Å². The van der Waals surface area contributed by atoms with Crippen LogP contribution in [0.4, 0.5) is 4.39 Å². The van der Waals surface area contributed by atoms with E-state index in [-0.39, 0.29) is 5.82 Å². The largest absolute Gasteiger partial charge is 0.343 e. The van der Waals surface area contributed by atoms with Gasteiger partial charge >= 0.3 is 0 Å². The summed E-state index contributed by atoms with van der Waals surface area (Å²) in [6.45, 7) is 1.87. The summed E-state index contributed by atoms with van der Waals surface area (Å²) < 4.78 is 14.1. The second-order valence-corrected chi connectivity index (χ2v) is 5.11. The zero-order chi connectivity index (χ0) is 12.7. The van der Waals surface area contributed by atoms with Crippen molar-refractivity contribution in [3.8, 4) is 11.4 Å². The Bertz CT molecular complexity index is 656. The maximum absolute atomic E-state index is 13.4. The van der Waals surface area contributed by atoms with Crippen molar-refractivity contribution in [2.24, 2.45) is 0 Å². The average molecular weight is 260 g/mol. The molecule has 0 fully saturated rings. The molecule has 0 aliphatic heterocycles. The maximum atomic E-state index is 13.4. The molecule has 1 N–H and O–H groups in total. The fourth-order valence-electron chi connectivity index (χ4n) is 2.47. The molecular weight excluding hydrogens is 247 g/mol. The molecular formula is C14H13FN2S. The highest BCUT2D eigenvalue weighted by Gasteiger charge is 2.15. The first-order chi connectivity index (χ1) is 8.63. The first-order valence-electron chi connectivity index (χ1n) is 6.03. The van der Waals surface area contributed by atoms with Crippen molar-refractivity contribution in [2.75, 3.05) is 0 Å². The third kappa shape index (κ3) is 1.97. The summed E-state index contributed by atoms with van der Waals surface area (Å²) >= 11 is 5.31. The summed E-state index contributed by atoms with van der Waals surface area (Å²) in [6.07, 6.45) is 3.12. The molecule has 0 amide bonds. The first kappa shape index (κ1) is 11.5. The third-order valence-electron chi connectivity index (χ3n) is 3.27. The number of halogens is 1. The minimum absolute atomic E-state index is 0.244. The van der Waals surface area contributed by atoms with Gasteiger partial charge in [0.25, 0.3) is 0 Å². The molecule has 0 saturated carbocycles. The summed E-state index contributed by atoms with van der Waals surface area (Å²) in [6, 6.07) is 4.91. The predicted octanol–water partition coefficient (Wildman–Crippen LogP) is 3.74. The van der Waals surface area contributed by atoms with Crippen LogP contribution in [0.3, 0.4) is 0 Å². The molecule has 1 heterocycles. The number of aromatic nitrogens is 2. The lowest BCUT2D eigenvalue weighted by molar-refractivity contribution is 0.627. The summed E-state index contributed by atoms with van der Waals surface area (Å²) in [5, 5.41) is 0. The molecule has 92 valence electrons. The molecule has 3 rings (SSSR count). The summed E-state index contributed by atoms with van der Waals surface area (Å²) in [4.78, 5) is 7.68. The molecule has 2 nitrogen and oxygen atoms in total. The summed E-state index contributed by atoms with van der Waals surface area (Å²) in [5.74, 6) is 0.426. The van der Waals surface area contributed by atoms with Crippen LogP contribution >= 0.6 is 12.2 Å². The number of rotatable bonds is 1. The molecule has 0 unspecified atom stereocenters. The van der Waals surface area contributed by atoms with E-state index in [1.807, 2.05) is 13.0 Å². The first-order valence-corrected chi connectivity index (χ1v) is 6.44. The smallest absolute Gasteiger partial charge is 0.139 e. The summed E-state index contributed by atoms with van der Waals surface area (Å²) in [7, 11) is 0. The minimum Gasteiger partial charge on any atom is -0.343 e. The van der Waals surface area contributed by atoms with Gasteiger partial charge in [0.1, 0.15) is 16.3 Å². The van der Waals surface area contributed by atoms with Gasteiger partial charge in [-0.25, -0.2) is 9.37 Å². The van der Waals surface area contributed by atoms with Gasteiger partial charge in [-0.1, -0.05) is 12.2 Å². The molecule has 0 bridgehead atoms. The minimum atomic E-state index is -0.244. The second-order valence-electron chi connectivity index (χ2n) is 4.72. The quantitative estimate of drug-likeness (QED) is 0.791. The molecule has 1 aromatic heterocycles. The number of benzene rings is 1. The molecule has 0 radical (unpaired) electrons. The molecule has 4 heteroatoms. The van der Waals surface area contributed by atoms with Crippen molar-refractivity contribution in [1.29, 1.82) is 0 Å². The van der Waals surface area contributed by atoms with Crippen LogP contribution in [-0.2, 0) is 12.8 Å². The maximum Gasteiger partial charge on any atom is 0.139 e. The van der Waals surface area contributed by atoms with E-state index in [1.165, 1.54) is 12.1 Å². The lowest BCUT2D eigenvalue weighted by atomic mass is 10.1. The highest BCUT2D eigenvalue weighted by Crippen LogP contribution is 2.25. The monoisotopic (exact) mass is 260 g/mol. The van der Waals surface area contributed by atoms with E-state index in [4.69, 9.17) is 12.2 Å². The normalized spacial score (nSPS) is 13.7. The van der Waals surface area contributed by atoms with Crippen LogP contribution in [0.15, 0.2) is 18.2 Å². The van der Waals surface area contributed by atoms with E-state index < -0.39 is 0 Å². The van der Waals surface area contributed by atoms with Crippen LogP contribution in [0, 0.1) is 17.4 Å². The predicted molar refractivity (Wildman–Crippen MR) is 71.6 cm³/mol. The van der Waals surface area contributed by atoms with Crippen molar-refractivity contribution in [3.63, 3.8) is 0 Å². The average Bonchev–Trinajstić information content (AvgIpc) is 2.76. The number of H-pyrrole nitrogens is 1. The second kappa shape index (κ2) is 4.28. The van der Waals surface area contributed by atoms with Gasteiger partial charge in [-0.15, -0.1) is 0 Å². The molecule has 1 aliphatic carbocycles. The Labute approximate surface area is 110 Å². The van der Waals surface area contributed by atoms with Gasteiger partial charge in [0.15, 0.2) is 0 Å². The van der Waals surface area contributed by atoms with Crippen LogP contribution in [-0.4, -0.2) is 9.97 Å². The van der Waals surface area contributed by atoms with E-state index in [0.717, 1.165) is 41.6 Å². The van der Waals surface area contributed by atoms with Crippen molar-refractivity contribution < 1.29 is 4.39 Å². The number of nitrogens with one attached hydrogen (secondary N) is 1. The van der Waals surface area contributed by atoms with E-state index in [1.54, 1.807) is 0 Å². The number of hydrogen-bond acceptors (Lipinski definition) is 2. The fourth-order valence-corrected chi connectivity index (χ4v) is 2.78. The number of nitrogens with zero attached hydrogens (tertiary/aromatic N) is 1. The zero-order valence-electron chi connectivity index (χ0n) is 10.1. The zero-order valence-corrected chi connectivity index (χ0v) is 10.9. The van der Waals surface area contributed by atoms with E-state index in [0.29, 0.717) is 10.5 Å². The molecule has 0 saturated heterocycles. The Morgan fingerprint density at radius 3 is 2.89 bits per heavy atom. The molecule has 1 aromatic carbocycles. The van der Waals surface area contributed by atoms with Crippen LogP contribution in [0.1, 0.15) is 23.2 Å². The Morgan fingerprint density at radius 1 is 1.28 bits per heavy atom. The van der Waals surface area contributed by atoms with E-state index in [2.05, 4.69) is 9.97 Å². The lowest BCUT2D eigenvalue weighted by Gasteiger charge is -2.06. The lowest BCUT2D eigenvalue weighted by Crippen LogP contribution is -1.98. The van der Waals surface area contributed by atoms with Gasteiger partial charge in [0.05, 0.1) is 0 Å². The third-order valence-corrected chi connectivity index (χ3v) is 3.61. The number of aromatic amines is 1. The van der Waals surface area contributed by atoms with Crippen LogP contribution in [0.25, 0.3) is 11.4 Å². The van der Waals surface area contributed by atoms with Crippen molar-refractivity contribution >= 4 is 12.2 Å². The molecule has 2 aromatic rings. The van der Waals surface area contributed by atoms with Gasteiger partial charge in [-0.3, -0.25) is 0 Å². The van der Waals surface area contributed by atoms with Gasteiger partial charge in [0.2, 0.25) is 0 Å². The van der Waals surface area contributed by atoms with Crippen molar-refractivity contribution in [1.82, 2.24) is 9.97 Å². The van der Waals surface area contributed by atoms with Gasteiger partial charge in [-0.2, -0.15) is 0 Å². The van der Waals surface area contributed by atoms with E-state index >= 15 is 0 Å². The Morgan fingerprint density at radius 2 is 2.11 bits per heavy atom. The van der Waals surface area contributed by atoms with Gasteiger partial charge < -0.3 is 4.98 Å². The van der Waals surface area contributed by atoms with Crippen LogP contribution in [0.2, 0.25) is 0 Å². The molecule has 0 atom stereocenters. The Hall–Kier alpha value is -1.55. The van der Waals surface area contributed by atoms with Crippen molar-refractivity contribution in [2.45, 2.75) is 26.2 Å². The summed E-state index contributed by atoms with van der Waals surface area (Å²) in [5.41, 5.74) is 3.95. The van der Waals surface area contributed by atoms with Crippen LogP contribution < -0.4 is 0 Å². The van der Waals surface area contributed by atoms with E-state index in [9.17, 15) is 4.39 Å². The topological polar surface area (TPSA) is 28.7 Å². The number of hydrogen-bond donors (Lipinski definition) is 1. The molecule has 1 aliphatic rings. The highest BCUT2D eigenvalue weighted by molar-refractivity contribution is 7.71. The Balaban J connectivity index is 2.18. The highest BCUT2D eigenvalue weighted by atomic mass is 32.1. The van der Waals surface area contributed by atoms with Crippen molar-refractivity contribution in [3.05, 3.63) is 45.5 Å². The van der Waals surface area contributed by atoms with Gasteiger partial charge in [-0.05, 0) is 49.9 Å². The number of fused-ring (bicyclic) bond motifs is 1.